The molecule has 0 aliphatic carbocycles. The molecule has 2 nitrogen and oxygen atoms in total. The number of hydrogen-bond acceptors (Lipinski definition) is 2. The fourth-order valence-electron chi connectivity index (χ4n) is 2.38. The minimum absolute atomic E-state index is 0.776. The van der Waals surface area contributed by atoms with Crippen LogP contribution in [0.1, 0.15) is 11.1 Å². The Morgan fingerprint density at radius 3 is 2.50 bits per heavy atom. The highest BCUT2D eigenvalue weighted by atomic mass is 14.9. The van der Waals surface area contributed by atoms with Crippen molar-refractivity contribution >= 4 is 22.1 Å². The molecule has 20 heavy (non-hydrogen) atoms. The summed E-state index contributed by atoms with van der Waals surface area (Å²) in [6.45, 7) is 2.89. The van der Waals surface area contributed by atoms with E-state index in [0.29, 0.717) is 0 Å². The Hall–Kier alpha value is -2.48. The summed E-state index contributed by atoms with van der Waals surface area (Å²) < 4.78 is 0. The molecule has 0 unspecified atom stereocenters. The van der Waals surface area contributed by atoms with Gasteiger partial charge in [0.1, 0.15) is 0 Å². The SMILES string of the molecule is Cc1ccc2cc(CNc3ccccc3N)ccc2c1. The van der Waals surface area contributed by atoms with Gasteiger partial charge in [-0.3, -0.25) is 0 Å². The average molecular weight is 262 g/mol. The fourth-order valence-corrected chi connectivity index (χ4v) is 2.38. The van der Waals surface area contributed by atoms with E-state index >= 15 is 0 Å². The van der Waals surface area contributed by atoms with Gasteiger partial charge in [0.05, 0.1) is 11.4 Å². The summed E-state index contributed by atoms with van der Waals surface area (Å²) in [6.07, 6.45) is 0. The van der Waals surface area contributed by atoms with Crippen LogP contribution in [0.15, 0.2) is 60.7 Å². The first-order chi connectivity index (χ1) is 9.72. The van der Waals surface area contributed by atoms with Crippen LogP contribution in [-0.2, 0) is 6.54 Å². The molecule has 0 radical (unpaired) electrons. The van der Waals surface area contributed by atoms with Crippen molar-refractivity contribution in [3.8, 4) is 0 Å². The molecule has 0 aliphatic rings. The lowest BCUT2D eigenvalue weighted by atomic mass is 10.0. The van der Waals surface area contributed by atoms with E-state index in [1.165, 1.54) is 21.9 Å². The first-order valence-electron chi connectivity index (χ1n) is 6.80. The van der Waals surface area contributed by atoms with Gasteiger partial charge in [-0.15, -0.1) is 0 Å². The molecule has 0 saturated carbocycles. The zero-order valence-electron chi connectivity index (χ0n) is 11.6. The smallest absolute Gasteiger partial charge is 0.0576 e. The van der Waals surface area contributed by atoms with E-state index in [0.717, 1.165) is 17.9 Å². The largest absolute Gasteiger partial charge is 0.397 e. The fraction of sp³-hybridized carbons (Fsp3) is 0.111. The Kier molecular flexibility index (Phi) is 3.30. The number of hydrogen-bond donors (Lipinski definition) is 2. The molecule has 3 N–H and O–H groups in total. The van der Waals surface area contributed by atoms with Crippen molar-refractivity contribution in [1.29, 1.82) is 0 Å². The second-order valence-corrected chi connectivity index (χ2v) is 5.13. The van der Waals surface area contributed by atoms with Crippen LogP contribution in [0.2, 0.25) is 0 Å². The molecule has 100 valence electrons. The molecule has 3 rings (SSSR count). The van der Waals surface area contributed by atoms with Gasteiger partial charge in [-0.1, -0.05) is 48.0 Å². The molecule has 0 saturated heterocycles. The van der Waals surface area contributed by atoms with E-state index in [2.05, 4.69) is 48.6 Å². The van der Waals surface area contributed by atoms with E-state index in [1.807, 2.05) is 24.3 Å². The summed E-state index contributed by atoms with van der Waals surface area (Å²) in [4.78, 5) is 0. The van der Waals surface area contributed by atoms with Crippen LogP contribution < -0.4 is 11.1 Å². The first kappa shape index (κ1) is 12.5. The molecule has 0 amide bonds. The van der Waals surface area contributed by atoms with Gasteiger partial charge in [0.15, 0.2) is 0 Å². The molecule has 0 heterocycles. The highest BCUT2D eigenvalue weighted by molar-refractivity contribution is 5.83. The molecular formula is C18H18N2. The van der Waals surface area contributed by atoms with E-state index in [1.54, 1.807) is 0 Å². The minimum atomic E-state index is 0.776. The number of para-hydroxylation sites is 2. The third-order valence-corrected chi connectivity index (χ3v) is 3.50. The first-order valence-corrected chi connectivity index (χ1v) is 6.80. The monoisotopic (exact) mass is 262 g/mol. The Balaban J connectivity index is 1.81. The van der Waals surface area contributed by atoms with Gasteiger partial charge in [-0.2, -0.15) is 0 Å². The molecule has 2 heteroatoms. The van der Waals surface area contributed by atoms with Gasteiger partial charge in [-0.25, -0.2) is 0 Å². The highest BCUT2D eigenvalue weighted by Gasteiger charge is 1.99. The third kappa shape index (κ3) is 2.59. The lowest BCUT2D eigenvalue weighted by Gasteiger charge is -2.10. The molecule has 3 aromatic rings. The minimum Gasteiger partial charge on any atom is -0.397 e. The van der Waals surface area contributed by atoms with Crippen molar-refractivity contribution in [2.45, 2.75) is 13.5 Å². The number of rotatable bonds is 3. The Morgan fingerprint density at radius 1 is 0.900 bits per heavy atom. The summed E-state index contributed by atoms with van der Waals surface area (Å²) in [5, 5.41) is 5.94. The van der Waals surface area contributed by atoms with E-state index in [4.69, 9.17) is 5.73 Å². The van der Waals surface area contributed by atoms with Crippen LogP contribution in [0.5, 0.6) is 0 Å². The van der Waals surface area contributed by atoms with Crippen LogP contribution >= 0.6 is 0 Å². The Labute approximate surface area is 119 Å². The molecule has 0 spiro atoms. The second kappa shape index (κ2) is 5.25. The maximum atomic E-state index is 5.93. The average Bonchev–Trinajstić information content (AvgIpc) is 2.46. The topological polar surface area (TPSA) is 38.0 Å². The highest BCUT2D eigenvalue weighted by Crippen LogP contribution is 2.20. The second-order valence-electron chi connectivity index (χ2n) is 5.13. The van der Waals surface area contributed by atoms with Crippen LogP contribution in [0.4, 0.5) is 11.4 Å². The van der Waals surface area contributed by atoms with Crippen LogP contribution in [0.3, 0.4) is 0 Å². The Morgan fingerprint density at radius 2 is 1.65 bits per heavy atom. The molecule has 0 aromatic heterocycles. The van der Waals surface area contributed by atoms with Crippen molar-refractivity contribution in [3.63, 3.8) is 0 Å². The predicted octanol–water partition coefficient (Wildman–Crippen LogP) is 4.34. The number of nitrogens with two attached hydrogens (primary N) is 1. The van der Waals surface area contributed by atoms with Crippen molar-refractivity contribution in [2.75, 3.05) is 11.1 Å². The van der Waals surface area contributed by atoms with Crippen LogP contribution in [0, 0.1) is 6.92 Å². The molecule has 0 aliphatic heterocycles. The molecule has 3 aromatic carbocycles. The van der Waals surface area contributed by atoms with E-state index in [-0.39, 0.29) is 0 Å². The molecule has 0 fully saturated rings. The summed E-state index contributed by atoms with van der Waals surface area (Å²) in [5.74, 6) is 0. The number of benzene rings is 3. The van der Waals surface area contributed by atoms with Gasteiger partial charge >= 0.3 is 0 Å². The van der Waals surface area contributed by atoms with Crippen molar-refractivity contribution in [1.82, 2.24) is 0 Å². The molecule has 0 bridgehead atoms. The van der Waals surface area contributed by atoms with E-state index in [9.17, 15) is 0 Å². The number of nitrogen functional groups attached to an aromatic ring is 1. The zero-order valence-corrected chi connectivity index (χ0v) is 11.6. The zero-order chi connectivity index (χ0) is 13.9. The molecule has 0 atom stereocenters. The van der Waals surface area contributed by atoms with Gasteiger partial charge in [0.25, 0.3) is 0 Å². The van der Waals surface area contributed by atoms with Gasteiger partial charge in [0.2, 0.25) is 0 Å². The quantitative estimate of drug-likeness (QED) is 0.689. The lowest BCUT2D eigenvalue weighted by Crippen LogP contribution is -2.02. The summed E-state index contributed by atoms with van der Waals surface area (Å²) >= 11 is 0. The van der Waals surface area contributed by atoms with Crippen molar-refractivity contribution in [2.24, 2.45) is 0 Å². The maximum Gasteiger partial charge on any atom is 0.0576 e. The van der Waals surface area contributed by atoms with Crippen LogP contribution in [-0.4, -0.2) is 0 Å². The van der Waals surface area contributed by atoms with Crippen molar-refractivity contribution < 1.29 is 0 Å². The lowest BCUT2D eigenvalue weighted by molar-refractivity contribution is 1.16. The van der Waals surface area contributed by atoms with E-state index < -0.39 is 0 Å². The number of anilines is 2. The van der Waals surface area contributed by atoms with Gasteiger partial charge < -0.3 is 11.1 Å². The van der Waals surface area contributed by atoms with Gasteiger partial charge in [-0.05, 0) is 41.5 Å². The number of nitrogens with one attached hydrogen (secondary N) is 1. The standard InChI is InChI=1S/C18H18N2/c1-13-6-8-16-11-14(7-9-15(16)10-13)12-20-18-5-3-2-4-17(18)19/h2-11,20H,12,19H2,1H3. The summed E-state index contributed by atoms with van der Waals surface area (Å²) in [5.41, 5.74) is 10.2. The number of aryl methyl sites for hydroxylation is 1. The maximum absolute atomic E-state index is 5.93. The molecular weight excluding hydrogens is 244 g/mol. The number of fused-ring (bicyclic) bond motifs is 1. The summed E-state index contributed by atoms with van der Waals surface area (Å²) in [6, 6.07) is 20.9. The normalized spacial score (nSPS) is 10.7. The third-order valence-electron chi connectivity index (χ3n) is 3.50. The predicted molar refractivity (Wildman–Crippen MR) is 86.9 cm³/mol. The van der Waals surface area contributed by atoms with Crippen molar-refractivity contribution in [3.05, 3.63) is 71.8 Å². The Bertz CT molecular complexity index is 747. The van der Waals surface area contributed by atoms with Crippen LogP contribution in [0.25, 0.3) is 10.8 Å². The van der Waals surface area contributed by atoms with Gasteiger partial charge in [0, 0.05) is 6.54 Å². The summed E-state index contributed by atoms with van der Waals surface area (Å²) in [7, 11) is 0.